The molecule has 9 heteroatoms. The molecule has 3 rings (SSSR count). The first-order chi connectivity index (χ1) is 15.5. The van der Waals surface area contributed by atoms with Gasteiger partial charge in [0.2, 0.25) is 5.91 Å². The fourth-order valence-corrected chi connectivity index (χ4v) is 4.07. The van der Waals surface area contributed by atoms with Gasteiger partial charge in [-0.2, -0.15) is 0 Å². The number of halogens is 3. The molecule has 0 unspecified atom stereocenters. The van der Waals surface area contributed by atoms with Crippen molar-refractivity contribution in [2.75, 3.05) is 0 Å². The third kappa shape index (κ3) is 5.91. The van der Waals surface area contributed by atoms with Gasteiger partial charge >= 0.3 is 0 Å². The number of carbonyl (C=O) groups is 2. The fraction of sp³-hybridized carbons (Fsp3) is 0.375. The second-order valence-corrected chi connectivity index (χ2v) is 8.69. The highest BCUT2D eigenvalue weighted by atomic mass is 19.1. The molecule has 1 heterocycles. The summed E-state index contributed by atoms with van der Waals surface area (Å²) in [5.41, 5.74) is 0.0574. The summed E-state index contributed by atoms with van der Waals surface area (Å²) in [4.78, 5) is 26.6. The van der Waals surface area contributed by atoms with E-state index < -0.39 is 34.9 Å². The molecule has 3 N–H and O–H groups in total. The molecule has 0 aromatic heterocycles. The van der Waals surface area contributed by atoms with E-state index in [4.69, 9.17) is 5.41 Å². The van der Waals surface area contributed by atoms with E-state index in [0.29, 0.717) is 5.56 Å². The van der Waals surface area contributed by atoms with Gasteiger partial charge in [0.25, 0.3) is 5.91 Å². The average molecular weight is 461 g/mol. The summed E-state index contributed by atoms with van der Waals surface area (Å²) in [5.74, 6) is -3.18. The molecule has 2 aromatic carbocycles. The molecule has 2 aromatic rings. The number of guanidine groups is 1. The first-order valence-corrected chi connectivity index (χ1v) is 10.7. The zero-order chi connectivity index (χ0) is 24.3. The molecule has 0 bridgehead atoms. The summed E-state index contributed by atoms with van der Waals surface area (Å²) in [6.45, 7) is 5.36. The van der Waals surface area contributed by atoms with Crippen molar-refractivity contribution in [3.8, 4) is 0 Å². The van der Waals surface area contributed by atoms with Gasteiger partial charge in [-0.05, 0) is 61.7 Å². The molecule has 0 radical (unpaired) electrons. The Morgan fingerprint density at radius 2 is 1.79 bits per heavy atom. The van der Waals surface area contributed by atoms with Crippen LogP contribution in [0, 0.1) is 22.9 Å². The summed E-state index contributed by atoms with van der Waals surface area (Å²) < 4.78 is 41.2. The van der Waals surface area contributed by atoms with E-state index >= 15 is 0 Å². The van der Waals surface area contributed by atoms with Crippen molar-refractivity contribution in [2.24, 2.45) is 0 Å². The topological polar surface area (TPSA) is 85.3 Å². The molecule has 6 nitrogen and oxygen atoms in total. The fourth-order valence-electron chi connectivity index (χ4n) is 4.07. The second kappa shape index (κ2) is 9.64. The van der Waals surface area contributed by atoms with Crippen LogP contribution in [0.4, 0.5) is 13.2 Å². The first kappa shape index (κ1) is 24.3. The lowest BCUT2D eigenvalue weighted by atomic mass is 9.89. The monoisotopic (exact) mass is 460 g/mol. The quantitative estimate of drug-likeness (QED) is 0.572. The number of hydrogen-bond donors (Lipinski definition) is 3. The van der Waals surface area contributed by atoms with E-state index in [1.807, 2.05) is 13.8 Å². The van der Waals surface area contributed by atoms with Crippen LogP contribution in [0.3, 0.4) is 0 Å². The minimum atomic E-state index is -0.767. The number of nitrogens with zero attached hydrogens (tertiary/aromatic N) is 1. The number of hydrogen-bond acceptors (Lipinski definition) is 3. The predicted molar refractivity (Wildman–Crippen MR) is 118 cm³/mol. The van der Waals surface area contributed by atoms with Gasteiger partial charge in [-0.25, -0.2) is 13.2 Å². The minimum absolute atomic E-state index is 0.00602. The lowest BCUT2D eigenvalue weighted by molar-refractivity contribution is -0.131. The molecule has 1 aliphatic heterocycles. The van der Waals surface area contributed by atoms with Crippen LogP contribution in [-0.4, -0.2) is 28.2 Å². The second-order valence-electron chi connectivity index (χ2n) is 8.69. The Balaban J connectivity index is 1.75. The predicted octanol–water partition coefficient (Wildman–Crippen LogP) is 4.41. The molecule has 1 saturated heterocycles. The Hall–Kier alpha value is -3.36. The van der Waals surface area contributed by atoms with E-state index in [0.717, 1.165) is 37.1 Å². The van der Waals surface area contributed by atoms with Crippen LogP contribution in [0.15, 0.2) is 36.4 Å². The SMILES string of the molecule is CCC[C@]1(C)CC(=O)N(Cc2cc(F)cc(C(=O)N[C@@H](C)c3cc(F)cc(F)c3)c2)C(=N)N1. The minimum Gasteiger partial charge on any atom is -0.350 e. The number of rotatable bonds is 7. The molecule has 0 spiro atoms. The largest absolute Gasteiger partial charge is 0.350 e. The molecule has 176 valence electrons. The highest BCUT2D eigenvalue weighted by molar-refractivity contribution is 5.99. The van der Waals surface area contributed by atoms with Crippen molar-refractivity contribution in [2.45, 2.75) is 58.2 Å². The van der Waals surface area contributed by atoms with Crippen molar-refractivity contribution in [3.63, 3.8) is 0 Å². The summed E-state index contributed by atoms with van der Waals surface area (Å²) in [6, 6.07) is 5.88. The number of carbonyl (C=O) groups excluding carboxylic acids is 2. The lowest BCUT2D eigenvalue weighted by Gasteiger charge is -2.40. The summed E-state index contributed by atoms with van der Waals surface area (Å²) in [7, 11) is 0. The smallest absolute Gasteiger partial charge is 0.251 e. The molecule has 0 aliphatic carbocycles. The maximum Gasteiger partial charge on any atom is 0.251 e. The van der Waals surface area contributed by atoms with Crippen molar-refractivity contribution < 1.29 is 22.8 Å². The van der Waals surface area contributed by atoms with Crippen LogP contribution in [0.5, 0.6) is 0 Å². The van der Waals surface area contributed by atoms with Gasteiger partial charge < -0.3 is 10.6 Å². The molecule has 1 aliphatic rings. The standard InChI is InChI=1S/C24H27F3N4O2/c1-4-5-24(3)12-21(32)31(23(28)30-24)13-15-6-17(10-18(25)7-15)22(33)29-14(2)16-8-19(26)11-20(27)9-16/h6-11,14H,4-5,12-13H2,1-3H3,(H2,28,30)(H,29,33)/t14-,24+/m0/s1. The maximum atomic E-state index is 14.3. The summed E-state index contributed by atoms with van der Waals surface area (Å²) in [5, 5.41) is 13.9. The van der Waals surface area contributed by atoms with Crippen molar-refractivity contribution in [1.29, 1.82) is 5.41 Å². The molecule has 33 heavy (non-hydrogen) atoms. The van der Waals surface area contributed by atoms with E-state index in [1.54, 1.807) is 6.92 Å². The van der Waals surface area contributed by atoms with Crippen LogP contribution < -0.4 is 10.6 Å². The highest BCUT2D eigenvalue weighted by Gasteiger charge is 2.37. The first-order valence-electron chi connectivity index (χ1n) is 10.7. The number of amides is 2. The summed E-state index contributed by atoms with van der Waals surface area (Å²) in [6.07, 6.45) is 1.79. The van der Waals surface area contributed by atoms with Crippen LogP contribution in [0.25, 0.3) is 0 Å². The van der Waals surface area contributed by atoms with E-state index in [1.165, 1.54) is 17.0 Å². The van der Waals surface area contributed by atoms with Crippen LogP contribution in [0.2, 0.25) is 0 Å². The molecule has 1 fully saturated rings. The maximum absolute atomic E-state index is 14.3. The Morgan fingerprint density at radius 3 is 2.39 bits per heavy atom. The van der Waals surface area contributed by atoms with Gasteiger partial charge in [0.1, 0.15) is 17.5 Å². The molecule has 2 atom stereocenters. The van der Waals surface area contributed by atoms with Crippen LogP contribution in [0.1, 0.15) is 67.6 Å². The van der Waals surface area contributed by atoms with Crippen molar-refractivity contribution in [3.05, 3.63) is 70.5 Å². The van der Waals surface area contributed by atoms with E-state index in [9.17, 15) is 22.8 Å². The zero-order valence-corrected chi connectivity index (χ0v) is 18.8. The average Bonchev–Trinajstić information content (AvgIpc) is 2.69. The van der Waals surface area contributed by atoms with Crippen LogP contribution in [-0.2, 0) is 11.3 Å². The van der Waals surface area contributed by atoms with Crippen LogP contribution >= 0.6 is 0 Å². The zero-order valence-electron chi connectivity index (χ0n) is 18.8. The van der Waals surface area contributed by atoms with Gasteiger partial charge in [0, 0.05) is 17.2 Å². The molecule has 0 saturated carbocycles. The Kier molecular flexibility index (Phi) is 7.09. The Bertz CT molecular complexity index is 1050. The number of nitrogens with one attached hydrogen (secondary N) is 3. The normalized spacial score (nSPS) is 19.3. The van der Waals surface area contributed by atoms with Gasteiger partial charge in [-0.1, -0.05) is 13.3 Å². The Labute approximate surface area is 190 Å². The lowest BCUT2D eigenvalue weighted by Crippen LogP contribution is -2.60. The van der Waals surface area contributed by atoms with Crippen molar-refractivity contribution >= 4 is 17.8 Å². The molecule has 2 amide bonds. The molecular weight excluding hydrogens is 433 g/mol. The van der Waals surface area contributed by atoms with Gasteiger partial charge in [-0.15, -0.1) is 0 Å². The third-order valence-electron chi connectivity index (χ3n) is 5.63. The molecular formula is C24H27F3N4O2. The van der Waals surface area contributed by atoms with Gasteiger partial charge in [0.05, 0.1) is 19.0 Å². The van der Waals surface area contributed by atoms with E-state index in [2.05, 4.69) is 10.6 Å². The Morgan fingerprint density at radius 1 is 1.15 bits per heavy atom. The van der Waals surface area contributed by atoms with Gasteiger partial charge in [0.15, 0.2) is 5.96 Å². The van der Waals surface area contributed by atoms with Crippen molar-refractivity contribution in [1.82, 2.24) is 15.5 Å². The number of benzene rings is 2. The highest BCUT2D eigenvalue weighted by Crippen LogP contribution is 2.24. The van der Waals surface area contributed by atoms with Gasteiger partial charge in [-0.3, -0.25) is 19.9 Å². The van der Waals surface area contributed by atoms with E-state index in [-0.39, 0.29) is 36.0 Å². The summed E-state index contributed by atoms with van der Waals surface area (Å²) >= 11 is 0. The third-order valence-corrected chi connectivity index (χ3v) is 5.63.